The maximum absolute atomic E-state index is 5.11. The van der Waals surface area contributed by atoms with Gasteiger partial charge in [0.15, 0.2) is 5.82 Å². The molecule has 7 aromatic carbocycles. The average Bonchev–Trinajstić information content (AvgIpc) is 3.76. The Balaban J connectivity index is 1.09. The molecule has 9 aromatic rings. The van der Waals surface area contributed by atoms with E-state index in [1.807, 2.05) is 12.1 Å². The monoisotopic (exact) mass is 729 g/mol. The number of aromatic nitrogens is 3. The molecule has 11 rings (SSSR count). The molecular weight excluding hydrogens is 691 g/mol. The second-order valence-corrected chi connectivity index (χ2v) is 15.2. The van der Waals surface area contributed by atoms with Crippen LogP contribution in [0.1, 0.15) is 35.6 Å². The van der Waals surface area contributed by atoms with Gasteiger partial charge in [-0.3, -0.25) is 0 Å². The Hall–Kier alpha value is -7.10. The smallest absolute Gasteiger partial charge is 0.160 e. The first-order valence-corrected chi connectivity index (χ1v) is 19.9. The van der Waals surface area contributed by atoms with Crippen LogP contribution >= 0.6 is 0 Å². The van der Waals surface area contributed by atoms with Crippen LogP contribution < -0.4 is 0 Å². The Bertz CT molecular complexity index is 2960. The predicted octanol–water partition coefficient (Wildman–Crippen LogP) is 13.3. The SMILES string of the molecule is CC/C=C(\C=C1/Cn2c3ccccc3c3cccc(c32)C12c1ccccc1-c1ccccc12)c1ccc(-c2nc(-c3ccccc3)cc(-c3ccccc3)n2)cc1. The van der Waals surface area contributed by atoms with Crippen molar-refractivity contribution in [3.05, 3.63) is 222 Å². The molecule has 1 aliphatic heterocycles. The molecule has 0 atom stereocenters. The maximum atomic E-state index is 5.11. The van der Waals surface area contributed by atoms with Crippen molar-refractivity contribution in [2.45, 2.75) is 25.3 Å². The molecule has 3 heterocycles. The molecule has 1 spiro atoms. The third-order valence-corrected chi connectivity index (χ3v) is 12.1. The van der Waals surface area contributed by atoms with E-state index in [1.54, 1.807) is 0 Å². The minimum Gasteiger partial charge on any atom is -0.336 e. The minimum atomic E-state index is -0.441. The van der Waals surface area contributed by atoms with Gasteiger partial charge in [0.05, 0.1) is 22.3 Å². The number of hydrogen-bond donors (Lipinski definition) is 0. The molecule has 57 heavy (non-hydrogen) atoms. The van der Waals surface area contributed by atoms with Crippen LogP contribution in [0.2, 0.25) is 0 Å². The van der Waals surface area contributed by atoms with Crippen molar-refractivity contribution in [3.63, 3.8) is 0 Å². The number of allylic oxidation sites excluding steroid dienone is 4. The van der Waals surface area contributed by atoms with Crippen LogP contribution in [0.4, 0.5) is 0 Å². The van der Waals surface area contributed by atoms with Gasteiger partial charge in [-0.05, 0) is 63.1 Å². The van der Waals surface area contributed by atoms with Gasteiger partial charge in [-0.1, -0.05) is 189 Å². The fourth-order valence-electron chi connectivity index (χ4n) is 9.63. The summed E-state index contributed by atoms with van der Waals surface area (Å²) >= 11 is 0. The normalized spacial score (nSPS) is 14.7. The van der Waals surface area contributed by atoms with E-state index in [9.17, 15) is 0 Å². The first kappa shape index (κ1) is 33.3. The Morgan fingerprint density at radius 1 is 0.561 bits per heavy atom. The van der Waals surface area contributed by atoms with E-state index in [4.69, 9.17) is 9.97 Å². The standard InChI is InChI=1S/C54H39N3/c1-2-16-40(36-29-31-39(32-30-36)53-55-49(37-17-5-3-6-18-37)34-50(56-53)38-19-7-4-8-20-38)33-41-35-57-51-28-14-11-23-44(51)45-24-15-27-48(52(45)57)54(41)46-25-12-9-21-42(46)43-22-10-13-26-47(43)54/h3-34H,2,35H2,1H3/b40-16+,41-33+. The van der Waals surface area contributed by atoms with E-state index >= 15 is 0 Å². The maximum Gasteiger partial charge on any atom is 0.160 e. The lowest BCUT2D eigenvalue weighted by Gasteiger charge is -2.40. The lowest BCUT2D eigenvalue weighted by atomic mass is 9.65. The van der Waals surface area contributed by atoms with Crippen LogP contribution in [0, 0.1) is 0 Å². The highest BCUT2D eigenvalue weighted by Gasteiger charge is 2.50. The zero-order chi connectivity index (χ0) is 37.9. The second kappa shape index (κ2) is 13.3. The van der Waals surface area contributed by atoms with Gasteiger partial charge in [0.1, 0.15) is 0 Å². The third kappa shape index (κ3) is 5.12. The molecule has 270 valence electrons. The number of nitrogens with zero attached hydrogens (tertiary/aromatic N) is 3. The number of para-hydroxylation sites is 2. The molecule has 3 nitrogen and oxygen atoms in total. The highest BCUT2D eigenvalue weighted by Crippen LogP contribution is 2.60. The van der Waals surface area contributed by atoms with Crippen molar-refractivity contribution in [2.24, 2.45) is 0 Å². The van der Waals surface area contributed by atoms with Crippen molar-refractivity contribution in [2.75, 3.05) is 0 Å². The summed E-state index contributed by atoms with van der Waals surface area (Å²) in [6.07, 6.45) is 5.80. The molecule has 0 fully saturated rings. The van der Waals surface area contributed by atoms with Crippen LogP contribution in [0.25, 0.3) is 72.4 Å². The minimum absolute atomic E-state index is 0.441. The molecular formula is C54H39N3. The summed E-state index contributed by atoms with van der Waals surface area (Å²) in [7, 11) is 0. The van der Waals surface area contributed by atoms with Gasteiger partial charge >= 0.3 is 0 Å². The van der Waals surface area contributed by atoms with Crippen LogP contribution in [-0.4, -0.2) is 14.5 Å². The average molecular weight is 730 g/mol. The summed E-state index contributed by atoms with van der Waals surface area (Å²) < 4.78 is 2.56. The molecule has 0 saturated heterocycles. The van der Waals surface area contributed by atoms with Gasteiger partial charge in [-0.2, -0.15) is 0 Å². The Morgan fingerprint density at radius 2 is 1.12 bits per heavy atom. The van der Waals surface area contributed by atoms with Gasteiger partial charge in [-0.15, -0.1) is 0 Å². The quantitative estimate of drug-likeness (QED) is 0.171. The lowest BCUT2D eigenvalue weighted by molar-refractivity contribution is 0.640. The van der Waals surface area contributed by atoms with E-state index in [0.717, 1.165) is 41.0 Å². The molecule has 2 aliphatic rings. The topological polar surface area (TPSA) is 30.7 Å². The molecule has 0 N–H and O–H groups in total. The molecule has 0 unspecified atom stereocenters. The van der Waals surface area contributed by atoms with E-state index in [-0.39, 0.29) is 0 Å². The zero-order valence-electron chi connectivity index (χ0n) is 31.7. The Labute approximate surface area is 333 Å². The molecule has 0 radical (unpaired) electrons. The molecule has 0 amide bonds. The van der Waals surface area contributed by atoms with Crippen molar-refractivity contribution < 1.29 is 0 Å². The highest BCUT2D eigenvalue weighted by molar-refractivity contribution is 6.11. The van der Waals surface area contributed by atoms with Gasteiger partial charge in [0.2, 0.25) is 0 Å². The molecule has 0 saturated carbocycles. The van der Waals surface area contributed by atoms with Gasteiger partial charge in [0, 0.05) is 39.5 Å². The number of fused-ring (bicyclic) bond motifs is 9. The number of rotatable bonds is 6. The van der Waals surface area contributed by atoms with Gasteiger partial charge < -0.3 is 4.57 Å². The van der Waals surface area contributed by atoms with Crippen LogP contribution in [0.5, 0.6) is 0 Å². The van der Waals surface area contributed by atoms with Crippen molar-refractivity contribution in [1.82, 2.24) is 14.5 Å². The summed E-state index contributed by atoms with van der Waals surface area (Å²) in [5.74, 6) is 0.714. The van der Waals surface area contributed by atoms with Crippen molar-refractivity contribution in [3.8, 4) is 45.0 Å². The predicted molar refractivity (Wildman–Crippen MR) is 236 cm³/mol. The van der Waals surface area contributed by atoms with E-state index in [0.29, 0.717) is 5.82 Å². The summed E-state index contributed by atoms with van der Waals surface area (Å²) in [6.45, 7) is 3.02. The molecule has 1 aliphatic carbocycles. The van der Waals surface area contributed by atoms with Crippen LogP contribution in [0.3, 0.4) is 0 Å². The molecule has 0 bridgehead atoms. The summed E-state index contributed by atoms with van der Waals surface area (Å²) in [4.78, 5) is 10.2. The lowest BCUT2D eigenvalue weighted by Crippen LogP contribution is -2.35. The first-order chi connectivity index (χ1) is 28.2. The number of benzene rings is 7. The highest BCUT2D eigenvalue weighted by atomic mass is 15.0. The first-order valence-electron chi connectivity index (χ1n) is 19.9. The second-order valence-electron chi connectivity index (χ2n) is 15.2. The van der Waals surface area contributed by atoms with Crippen molar-refractivity contribution in [1.29, 1.82) is 0 Å². The fourth-order valence-corrected chi connectivity index (χ4v) is 9.63. The largest absolute Gasteiger partial charge is 0.336 e. The Morgan fingerprint density at radius 3 is 1.77 bits per heavy atom. The van der Waals surface area contributed by atoms with Crippen LogP contribution in [0.15, 0.2) is 200 Å². The zero-order valence-corrected chi connectivity index (χ0v) is 31.7. The summed E-state index contributed by atoms with van der Waals surface area (Å²) in [5, 5.41) is 2.62. The van der Waals surface area contributed by atoms with Gasteiger partial charge in [-0.25, -0.2) is 9.97 Å². The molecule has 2 aromatic heterocycles. The van der Waals surface area contributed by atoms with Gasteiger partial charge in [0.25, 0.3) is 0 Å². The van der Waals surface area contributed by atoms with Crippen molar-refractivity contribution >= 4 is 27.4 Å². The van der Waals surface area contributed by atoms with E-state index < -0.39 is 5.41 Å². The summed E-state index contributed by atoms with van der Waals surface area (Å²) in [6, 6.07) is 65.7. The van der Waals surface area contributed by atoms with E-state index in [2.05, 4.69) is 194 Å². The fraction of sp³-hybridized carbons (Fsp3) is 0.0741. The summed E-state index contributed by atoms with van der Waals surface area (Å²) in [5.41, 5.74) is 17.6. The third-order valence-electron chi connectivity index (χ3n) is 12.1. The Kier molecular flexibility index (Phi) is 7.75. The van der Waals surface area contributed by atoms with Crippen LogP contribution in [-0.2, 0) is 12.0 Å². The molecule has 3 heteroatoms. The number of hydrogen-bond acceptors (Lipinski definition) is 2. The van der Waals surface area contributed by atoms with E-state index in [1.165, 1.54) is 66.3 Å².